The summed E-state index contributed by atoms with van der Waals surface area (Å²) in [5, 5.41) is 10.3. The molecule has 0 fully saturated rings. The van der Waals surface area contributed by atoms with Crippen LogP contribution in [0.4, 0.5) is 11.5 Å². The quantitative estimate of drug-likeness (QED) is 0.784. The van der Waals surface area contributed by atoms with Crippen molar-refractivity contribution >= 4 is 17.4 Å². The van der Waals surface area contributed by atoms with Gasteiger partial charge in [0.25, 0.3) is 0 Å². The number of rotatable bonds is 3. The molecule has 1 aliphatic heterocycles. The summed E-state index contributed by atoms with van der Waals surface area (Å²) < 4.78 is 6.71. The van der Waals surface area contributed by atoms with E-state index in [9.17, 15) is 4.79 Å². The fourth-order valence-corrected chi connectivity index (χ4v) is 1.85. The molecule has 1 aliphatic rings. The van der Waals surface area contributed by atoms with Crippen molar-refractivity contribution in [3.05, 3.63) is 5.69 Å². The highest BCUT2D eigenvalue weighted by molar-refractivity contribution is 6.02. The van der Waals surface area contributed by atoms with Gasteiger partial charge in [-0.3, -0.25) is 9.48 Å². The van der Waals surface area contributed by atoms with Crippen LogP contribution in [0.1, 0.15) is 12.1 Å². The molecular formula is C10H16N4O2. The first-order chi connectivity index (χ1) is 7.63. The SMILES string of the molecule is COCCC1Nc2c(c(C)nn2C)NC1=O. The van der Waals surface area contributed by atoms with Crippen molar-refractivity contribution in [1.29, 1.82) is 0 Å². The lowest BCUT2D eigenvalue weighted by molar-refractivity contribution is -0.117. The summed E-state index contributed by atoms with van der Waals surface area (Å²) >= 11 is 0. The first-order valence-corrected chi connectivity index (χ1v) is 5.23. The van der Waals surface area contributed by atoms with Gasteiger partial charge in [0, 0.05) is 20.8 Å². The van der Waals surface area contributed by atoms with Gasteiger partial charge in [-0.2, -0.15) is 5.10 Å². The molecule has 1 aromatic rings. The van der Waals surface area contributed by atoms with Gasteiger partial charge in [0.05, 0.1) is 5.69 Å². The van der Waals surface area contributed by atoms with Crippen molar-refractivity contribution < 1.29 is 9.53 Å². The summed E-state index contributed by atoms with van der Waals surface area (Å²) in [6, 6.07) is -0.248. The normalized spacial score (nSPS) is 18.9. The molecule has 1 atom stereocenters. The molecular weight excluding hydrogens is 208 g/mol. The van der Waals surface area contributed by atoms with Crippen LogP contribution in [0.5, 0.6) is 0 Å². The van der Waals surface area contributed by atoms with Gasteiger partial charge in [-0.05, 0) is 13.3 Å². The van der Waals surface area contributed by atoms with E-state index in [0.717, 1.165) is 17.2 Å². The number of aromatic nitrogens is 2. The second kappa shape index (κ2) is 4.13. The third-order valence-corrected chi connectivity index (χ3v) is 2.71. The van der Waals surface area contributed by atoms with Gasteiger partial charge in [0.1, 0.15) is 17.5 Å². The Hall–Kier alpha value is -1.56. The minimum absolute atomic E-state index is 0.0272. The molecule has 16 heavy (non-hydrogen) atoms. The molecule has 0 radical (unpaired) electrons. The molecule has 1 aromatic heterocycles. The lowest BCUT2D eigenvalue weighted by Gasteiger charge is -2.24. The molecule has 1 unspecified atom stereocenters. The number of anilines is 2. The van der Waals surface area contributed by atoms with Crippen molar-refractivity contribution in [1.82, 2.24) is 9.78 Å². The summed E-state index contributed by atoms with van der Waals surface area (Å²) in [5.74, 6) is 0.832. The topological polar surface area (TPSA) is 68.2 Å². The number of hydrogen-bond donors (Lipinski definition) is 2. The van der Waals surface area contributed by atoms with Crippen LogP contribution in [0.25, 0.3) is 0 Å². The predicted molar refractivity (Wildman–Crippen MR) is 60.5 cm³/mol. The van der Waals surface area contributed by atoms with Crippen LogP contribution in [-0.4, -0.2) is 35.4 Å². The number of aryl methyl sites for hydroxylation is 2. The number of hydrogen-bond acceptors (Lipinski definition) is 4. The average molecular weight is 224 g/mol. The van der Waals surface area contributed by atoms with E-state index in [2.05, 4.69) is 15.7 Å². The Morgan fingerprint density at radius 2 is 2.31 bits per heavy atom. The molecule has 88 valence electrons. The molecule has 2 heterocycles. The Balaban J connectivity index is 2.20. The van der Waals surface area contributed by atoms with E-state index in [4.69, 9.17) is 4.74 Å². The monoisotopic (exact) mass is 224 g/mol. The zero-order chi connectivity index (χ0) is 11.7. The summed E-state index contributed by atoms with van der Waals surface area (Å²) in [4.78, 5) is 11.8. The van der Waals surface area contributed by atoms with E-state index in [-0.39, 0.29) is 11.9 Å². The number of carbonyl (C=O) groups excluding carboxylic acids is 1. The number of nitrogens with zero attached hydrogens (tertiary/aromatic N) is 2. The summed E-state index contributed by atoms with van der Waals surface area (Å²) in [6.45, 7) is 2.42. The maximum atomic E-state index is 11.8. The largest absolute Gasteiger partial charge is 0.385 e. The van der Waals surface area contributed by atoms with Crippen molar-refractivity contribution in [2.24, 2.45) is 7.05 Å². The second-order valence-electron chi connectivity index (χ2n) is 3.90. The zero-order valence-corrected chi connectivity index (χ0v) is 9.70. The average Bonchev–Trinajstić information content (AvgIpc) is 2.51. The maximum absolute atomic E-state index is 11.8. The van der Waals surface area contributed by atoms with E-state index in [1.807, 2.05) is 14.0 Å². The molecule has 2 N–H and O–H groups in total. The highest BCUT2D eigenvalue weighted by Gasteiger charge is 2.28. The smallest absolute Gasteiger partial charge is 0.247 e. The van der Waals surface area contributed by atoms with Gasteiger partial charge >= 0.3 is 0 Å². The van der Waals surface area contributed by atoms with Crippen LogP contribution < -0.4 is 10.6 Å². The molecule has 1 amide bonds. The number of ether oxygens (including phenoxy) is 1. The summed E-state index contributed by atoms with van der Waals surface area (Å²) in [7, 11) is 3.48. The first kappa shape index (κ1) is 10.9. The molecule has 2 rings (SSSR count). The van der Waals surface area contributed by atoms with E-state index >= 15 is 0 Å². The van der Waals surface area contributed by atoms with Crippen LogP contribution in [-0.2, 0) is 16.6 Å². The van der Waals surface area contributed by atoms with Gasteiger partial charge in [-0.15, -0.1) is 0 Å². The Labute approximate surface area is 94.0 Å². The van der Waals surface area contributed by atoms with Crippen LogP contribution in [0, 0.1) is 6.92 Å². The van der Waals surface area contributed by atoms with Crippen LogP contribution in [0.3, 0.4) is 0 Å². The third-order valence-electron chi connectivity index (χ3n) is 2.71. The predicted octanol–water partition coefficient (Wildman–Crippen LogP) is 0.498. The van der Waals surface area contributed by atoms with Gasteiger partial charge < -0.3 is 15.4 Å². The van der Waals surface area contributed by atoms with Crippen LogP contribution in [0.15, 0.2) is 0 Å². The number of nitrogens with one attached hydrogen (secondary N) is 2. The molecule has 0 saturated heterocycles. The Morgan fingerprint density at radius 3 is 3.00 bits per heavy atom. The number of carbonyl (C=O) groups is 1. The lowest BCUT2D eigenvalue weighted by Crippen LogP contribution is -2.40. The van der Waals surface area contributed by atoms with E-state index in [1.165, 1.54) is 0 Å². The zero-order valence-electron chi connectivity index (χ0n) is 9.70. The Bertz CT molecular complexity index is 413. The van der Waals surface area contributed by atoms with Gasteiger partial charge in [0.2, 0.25) is 5.91 Å². The Morgan fingerprint density at radius 1 is 1.56 bits per heavy atom. The maximum Gasteiger partial charge on any atom is 0.247 e. The van der Waals surface area contributed by atoms with E-state index < -0.39 is 0 Å². The molecule has 0 bridgehead atoms. The van der Waals surface area contributed by atoms with Gasteiger partial charge in [-0.25, -0.2) is 0 Å². The Kier molecular flexibility index (Phi) is 2.82. The van der Waals surface area contributed by atoms with Gasteiger partial charge in [0.15, 0.2) is 0 Å². The highest BCUT2D eigenvalue weighted by Crippen LogP contribution is 2.29. The van der Waals surface area contributed by atoms with E-state index in [1.54, 1.807) is 11.8 Å². The molecule has 6 nitrogen and oxygen atoms in total. The minimum Gasteiger partial charge on any atom is -0.385 e. The third kappa shape index (κ3) is 1.76. The fraction of sp³-hybridized carbons (Fsp3) is 0.600. The molecule has 6 heteroatoms. The number of amides is 1. The molecule has 0 saturated carbocycles. The summed E-state index contributed by atoms with van der Waals surface area (Å²) in [6.07, 6.45) is 0.645. The molecule has 0 aromatic carbocycles. The fourth-order valence-electron chi connectivity index (χ4n) is 1.85. The van der Waals surface area contributed by atoms with Gasteiger partial charge in [-0.1, -0.05) is 0 Å². The lowest BCUT2D eigenvalue weighted by atomic mass is 10.1. The number of methoxy groups -OCH3 is 1. The first-order valence-electron chi connectivity index (χ1n) is 5.23. The van der Waals surface area contributed by atoms with Crippen LogP contribution >= 0.6 is 0 Å². The van der Waals surface area contributed by atoms with Crippen molar-refractivity contribution in [3.8, 4) is 0 Å². The number of fused-ring (bicyclic) bond motifs is 1. The molecule has 0 aliphatic carbocycles. The van der Waals surface area contributed by atoms with Crippen molar-refractivity contribution in [2.75, 3.05) is 24.4 Å². The highest BCUT2D eigenvalue weighted by atomic mass is 16.5. The van der Waals surface area contributed by atoms with E-state index in [0.29, 0.717) is 13.0 Å². The standard InChI is InChI=1S/C10H16N4O2/c1-6-8-9(14(2)13-6)11-7(4-5-16-3)10(15)12-8/h7,11H,4-5H2,1-3H3,(H,12,15). The van der Waals surface area contributed by atoms with Crippen molar-refractivity contribution in [3.63, 3.8) is 0 Å². The van der Waals surface area contributed by atoms with Crippen LogP contribution in [0.2, 0.25) is 0 Å². The van der Waals surface area contributed by atoms with Crippen molar-refractivity contribution in [2.45, 2.75) is 19.4 Å². The minimum atomic E-state index is -0.248. The summed E-state index contributed by atoms with van der Waals surface area (Å²) in [5.41, 5.74) is 1.60. The molecule has 0 spiro atoms. The second-order valence-corrected chi connectivity index (χ2v) is 3.90.